The number of rotatable bonds is 11. The lowest BCUT2D eigenvalue weighted by Gasteiger charge is -2.21. The van der Waals surface area contributed by atoms with E-state index in [-0.39, 0.29) is 11.4 Å². The predicted molar refractivity (Wildman–Crippen MR) is 137 cm³/mol. The molecule has 0 heterocycles. The number of methoxy groups -OCH3 is 3. The van der Waals surface area contributed by atoms with E-state index in [1.807, 2.05) is 6.07 Å². The monoisotopic (exact) mass is 531 g/mol. The lowest BCUT2D eigenvalue weighted by atomic mass is 10.2. The van der Waals surface area contributed by atoms with Crippen LogP contribution in [0.5, 0.6) is 17.2 Å². The molecule has 1 N–H and O–H groups in total. The number of carbonyl (C=O) groups excluding carboxylic acids is 1. The number of nitrogens with zero attached hydrogens (tertiary/aromatic N) is 2. The fourth-order valence-corrected chi connectivity index (χ4v) is 4.83. The summed E-state index contributed by atoms with van der Waals surface area (Å²) in [6.07, 6.45) is 1.39. The van der Waals surface area contributed by atoms with Crippen molar-refractivity contribution < 1.29 is 27.4 Å². The van der Waals surface area contributed by atoms with Gasteiger partial charge in [0.25, 0.3) is 5.91 Å². The largest absolute Gasteiger partial charge is 0.493 e. The lowest BCUT2D eigenvalue weighted by Crippen LogP contribution is -2.39. The number of ether oxygens (including phenoxy) is 3. The number of halogens is 1. The zero-order chi connectivity index (χ0) is 26.1. The van der Waals surface area contributed by atoms with Crippen molar-refractivity contribution in [1.29, 1.82) is 0 Å². The quantitative estimate of drug-likeness (QED) is 0.299. The number of carbonyl (C=O) groups is 1. The molecule has 36 heavy (non-hydrogen) atoms. The molecule has 3 aromatic carbocycles. The van der Waals surface area contributed by atoms with Crippen LogP contribution in [0, 0.1) is 0 Å². The summed E-state index contributed by atoms with van der Waals surface area (Å²) in [6, 6.07) is 18.1. The topological polar surface area (TPSA) is 107 Å². The Hall–Kier alpha value is -3.60. The van der Waals surface area contributed by atoms with Gasteiger partial charge in [0.05, 0.1) is 39.0 Å². The first-order chi connectivity index (χ1) is 17.3. The maximum absolute atomic E-state index is 13.3. The molecule has 190 valence electrons. The third kappa shape index (κ3) is 6.75. The van der Waals surface area contributed by atoms with Gasteiger partial charge in [0.2, 0.25) is 15.8 Å². The number of hydrogen-bond donors (Lipinski definition) is 1. The van der Waals surface area contributed by atoms with E-state index in [0.29, 0.717) is 27.8 Å². The van der Waals surface area contributed by atoms with Crippen LogP contribution in [0.2, 0.25) is 5.02 Å². The van der Waals surface area contributed by atoms with E-state index in [2.05, 4.69) is 10.5 Å². The van der Waals surface area contributed by atoms with Gasteiger partial charge in [-0.15, -0.1) is 0 Å². The van der Waals surface area contributed by atoms with E-state index in [0.717, 1.165) is 9.87 Å². The zero-order valence-corrected chi connectivity index (χ0v) is 21.5. The van der Waals surface area contributed by atoms with E-state index in [4.69, 9.17) is 25.8 Å². The minimum absolute atomic E-state index is 0.00416. The van der Waals surface area contributed by atoms with Gasteiger partial charge in [-0.1, -0.05) is 41.9 Å². The molecule has 0 saturated heterocycles. The fourth-order valence-electron chi connectivity index (χ4n) is 3.32. The summed E-state index contributed by atoms with van der Waals surface area (Å²) >= 11 is 5.91. The number of sulfonamides is 1. The molecule has 0 bridgehead atoms. The first-order valence-corrected chi connectivity index (χ1v) is 12.5. The Kier molecular flexibility index (Phi) is 9.29. The average Bonchev–Trinajstić information content (AvgIpc) is 2.88. The summed E-state index contributed by atoms with van der Waals surface area (Å²) in [5, 5.41) is 4.36. The Balaban J connectivity index is 1.79. The van der Waals surface area contributed by atoms with Crippen molar-refractivity contribution >= 4 is 33.7 Å². The molecular weight excluding hydrogens is 506 g/mol. The Labute approximate surface area is 215 Å². The third-order valence-corrected chi connectivity index (χ3v) is 7.12. The fraction of sp³-hybridized carbons (Fsp3) is 0.200. The molecule has 3 rings (SSSR count). The van der Waals surface area contributed by atoms with Gasteiger partial charge in [0, 0.05) is 17.1 Å². The van der Waals surface area contributed by atoms with E-state index < -0.39 is 22.5 Å². The highest BCUT2D eigenvalue weighted by atomic mass is 35.5. The molecule has 3 aromatic rings. The average molecular weight is 532 g/mol. The van der Waals surface area contributed by atoms with E-state index in [9.17, 15) is 13.2 Å². The van der Waals surface area contributed by atoms with Gasteiger partial charge in [-0.2, -0.15) is 9.41 Å². The van der Waals surface area contributed by atoms with Gasteiger partial charge >= 0.3 is 0 Å². The van der Waals surface area contributed by atoms with Gasteiger partial charge in [-0.3, -0.25) is 4.79 Å². The summed E-state index contributed by atoms with van der Waals surface area (Å²) in [5.74, 6) is 0.651. The SMILES string of the molecule is COc1cc(/C=N\NC(=O)CN(Cc2ccccc2)S(=O)(=O)c2ccc(Cl)cc2)cc(OC)c1OC. The highest BCUT2D eigenvalue weighted by Gasteiger charge is 2.27. The summed E-state index contributed by atoms with van der Waals surface area (Å²) in [7, 11) is 0.472. The van der Waals surface area contributed by atoms with Crippen molar-refractivity contribution in [3.8, 4) is 17.2 Å². The lowest BCUT2D eigenvalue weighted by molar-refractivity contribution is -0.121. The van der Waals surface area contributed by atoms with Crippen LogP contribution in [0.4, 0.5) is 0 Å². The molecule has 0 aromatic heterocycles. The minimum atomic E-state index is -4.00. The second-order valence-corrected chi connectivity index (χ2v) is 9.84. The van der Waals surface area contributed by atoms with E-state index >= 15 is 0 Å². The molecule has 0 atom stereocenters. The summed E-state index contributed by atoms with van der Waals surface area (Å²) in [6.45, 7) is -0.456. The van der Waals surface area contributed by atoms with Crippen LogP contribution in [0.15, 0.2) is 76.7 Å². The van der Waals surface area contributed by atoms with Crippen LogP contribution >= 0.6 is 11.6 Å². The first kappa shape index (κ1) is 27.0. The highest BCUT2D eigenvalue weighted by molar-refractivity contribution is 7.89. The molecule has 0 aliphatic heterocycles. The molecule has 0 spiro atoms. The van der Waals surface area contributed by atoms with Crippen molar-refractivity contribution in [1.82, 2.24) is 9.73 Å². The standard InChI is InChI=1S/C25H26ClN3O6S/c1-33-22-13-19(14-23(34-2)25(22)35-3)15-27-28-24(30)17-29(16-18-7-5-4-6-8-18)36(31,32)21-11-9-20(26)10-12-21/h4-15H,16-17H2,1-3H3,(H,28,30)/b27-15-. The minimum Gasteiger partial charge on any atom is -0.493 e. The Bertz CT molecular complexity index is 1290. The van der Waals surface area contributed by atoms with Gasteiger partial charge in [-0.25, -0.2) is 13.8 Å². The van der Waals surface area contributed by atoms with Crippen molar-refractivity contribution in [2.24, 2.45) is 5.10 Å². The number of hydrazone groups is 1. The Morgan fingerprint density at radius 3 is 2.14 bits per heavy atom. The van der Waals surface area contributed by atoms with Crippen LogP contribution in [0.3, 0.4) is 0 Å². The van der Waals surface area contributed by atoms with Crippen molar-refractivity contribution in [2.75, 3.05) is 27.9 Å². The maximum Gasteiger partial charge on any atom is 0.255 e. The normalized spacial score (nSPS) is 11.5. The van der Waals surface area contributed by atoms with E-state index in [1.165, 1.54) is 51.8 Å². The number of nitrogens with one attached hydrogen (secondary N) is 1. The third-order valence-electron chi connectivity index (χ3n) is 5.06. The highest BCUT2D eigenvalue weighted by Crippen LogP contribution is 2.37. The molecule has 0 aliphatic carbocycles. The van der Waals surface area contributed by atoms with Crippen LogP contribution in [0.1, 0.15) is 11.1 Å². The molecular formula is C25H26ClN3O6S. The molecule has 0 radical (unpaired) electrons. The van der Waals surface area contributed by atoms with Gasteiger partial charge in [0.1, 0.15) is 0 Å². The maximum atomic E-state index is 13.3. The number of amides is 1. The van der Waals surface area contributed by atoms with Crippen molar-refractivity contribution in [3.05, 3.63) is 82.9 Å². The zero-order valence-electron chi connectivity index (χ0n) is 20.0. The number of benzene rings is 3. The summed E-state index contributed by atoms with van der Waals surface area (Å²) in [5.41, 5.74) is 3.67. The van der Waals surface area contributed by atoms with E-state index in [1.54, 1.807) is 36.4 Å². The van der Waals surface area contributed by atoms with Crippen LogP contribution in [-0.2, 0) is 21.4 Å². The Morgan fingerprint density at radius 2 is 1.58 bits per heavy atom. The molecule has 0 fully saturated rings. The molecule has 0 aliphatic rings. The Morgan fingerprint density at radius 1 is 0.972 bits per heavy atom. The van der Waals surface area contributed by atoms with Crippen molar-refractivity contribution in [3.63, 3.8) is 0 Å². The van der Waals surface area contributed by atoms with Crippen LogP contribution in [-0.4, -0.2) is 52.7 Å². The second kappa shape index (κ2) is 12.4. The summed E-state index contributed by atoms with van der Waals surface area (Å²) in [4.78, 5) is 12.7. The van der Waals surface area contributed by atoms with Crippen molar-refractivity contribution in [2.45, 2.75) is 11.4 Å². The second-order valence-electron chi connectivity index (χ2n) is 7.46. The number of hydrogen-bond acceptors (Lipinski definition) is 7. The molecule has 0 saturated carbocycles. The predicted octanol–water partition coefficient (Wildman–Crippen LogP) is 3.71. The first-order valence-electron chi connectivity index (χ1n) is 10.7. The molecule has 11 heteroatoms. The molecule has 0 unspecified atom stereocenters. The smallest absolute Gasteiger partial charge is 0.255 e. The van der Waals surface area contributed by atoms with Crippen LogP contribution in [0.25, 0.3) is 0 Å². The molecule has 1 amide bonds. The van der Waals surface area contributed by atoms with Gasteiger partial charge in [0.15, 0.2) is 11.5 Å². The van der Waals surface area contributed by atoms with Gasteiger partial charge < -0.3 is 14.2 Å². The van der Waals surface area contributed by atoms with Crippen LogP contribution < -0.4 is 19.6 Å². The van der Waals surface area contributed by atoms with Gasteiger partial charge in [-0.05, 0) is 42.0 Å². The molecule has 9 nitrogen and oxygen atoms in total. The summed E-state index contributed by atoms with van der Waals surface area (Å²) < 4.78 is 43.6.